The van der Waals surface area contributed by atoms with Crippen molar-refractivity contribution >= 4 is 10.9 Å². The van der Waals surface area contributed by atoms with Crippen molar-refractivity contribution in [2.45, 2.75) is 40.3 Å². The maximum Gasteiger partial charge on any atom is 0.0488 e. The molecule has 2 nitrogen and oxygen atoms in total. The van der Waals surface area contributed by atoms with Gasteiger partial charge < -0.3 is 10.3 Å². The molecule has 2 heteroatoms. The van der Waals surface area contributed by atoms with Crippen LogP contribution in [0, 0.1) is 13.8 Å². The summed E-state index contributed by atoms with van der Waals surface area (Å²) >= 11 is 0. The number of benzene rings is 1. The minimum absolute atomic E-state index is 0.598. The highest BCUT2D eigenvalue weighted by atomic mass is 15.0. The first kappa shape index (κ1) is 12.9. The fourth-order valence-corrected chi connectivity index (χ4v) is 2.36. The molecule has 0 atom stereocenters. The van der Waals surface area contributed by atoms with Gasteiger partial charge in [-0.15, -0.1) is 0 Å². The molecule has 1 aromatic heterocycles. The molecule has 1 heterocycles. The molecule has 0 bridgehead atoms. The monoisotopic (exact) mass is 242 g/mol. The standard InChI is InChI=1S/C16H22N2/c1-5-11(2)10-18-13(4)12(3)15-8-14(9-17)6-7-16(15)18/h6-8H,2,5,9-10,17H2,1,3-4H3. The lowest BCUT2D eigenvalue weighted by atomic mass is 10.1. The zero-order valence-corrected chi connectivity index (χ0v) is 11.6. The van der Waals surface area contributed by atoms with Crippen LogP contribution in [-0.2, 0) is 13.1 Å². The lowest BCUT2D eigenvalue weighted by molar-refractivity contribution is 0.763. The van der Waals surface area contributed by atoms with Crippen LogP contribution in [0.4, 0.5) is 0 Å². The Labute approximate surface area is 109 Å². The van der Waals surface area contributed by atoms with E-state index in [1.54, 1.807) is 0 Å². The maximum absolute atomic E-state index is 5.72. The Hall–Kier alpha value is -1.54. The Morgan fingerprint density at radius 1 is 1.33 bits per heavy atom. The van der Waals surface area contributed by atoms with Crippen LogP contribution in [0.3, 0.4) is 0 Å². The number of nitrogens with zero attached hydrogens (tertiary/aromatic N) is 1. The van der Waals surface area contributed by atoms with Gasteiger partial charge in [0.05, 0.1) is 0 Å². The number of rotatable bonds is 4. The Morgan fingerprint density at radius 3 is 2.67 bits per heavy atom. The Kier molecular flexibility index (Phi) is 3.58. The molecule has 0 amide bonds. The zero-order valence-electron chi connectivity index (χ0n) is 11.6. The molecular formula is C16H22N2. The van der Waals surface area contributed by atoms with Crippen molar-refractivity contribution in [3.05, 3.63) is 47.2 Å². The van der Waals surface area contributed by atoms with E-state index >= 15 is 0 Å². The number of aryl methyl sites for hydroxylation is 1. The SMILES string of the molecule is C=C(CC)Cn1c(C)c(C)c2cc(CN)ccc21. The molecule has 1 aromatic carbocycles. The van der Waals surface area contributed by atoms with Gasteiger partial charge in [0.15, 0.2) is 0 Å². The molecule has 18 heavy (non-hydrogen) atoms. The molecule has 0 saturated heterocycles. The summed E-state index contributed by atoms with van der Waals surface area (Å²) in [6.07, 6.45) is 1.03. The summed E-state index contributed by atoms with van der Waals surface area (Å²) in [7, 11) is 0. The minimum atomic E-state index is 0.598. The van der Waals surface area contributed by atoms with Gasteiger partial charge in [-0.05, 0) is 43.5 Å². The van der Waals surface area contributed by atoms with Crippen LogP contribution in [0.2, 0.25) is 0 Å². The van der Waals surface area contributed by atoms with E-state index in [4.69, 9.17) is 5.73 Å². The third-order valence-electron chi connectivity index (χ3n) is 3.82. The van der Waals surface area contributed by atoms with Crippen molar-refractivity contribution in [2.24, 2.45) is 5.73 Å². The second-order valence-electron chi connectivity index (χ2n) is 4.96. The fourth-order valence-electron chi connectivity index (χ4n) is 2.36. The Balaban J connectivity index is 2.60. The van der Waals surface area contributed by atoms with Crippen LogP contribution in [0.15, 0.2) is 30.4 Å². The number of aromatic nitrogens is 1. The van der Waals surface area contributed by atoms with Crippen molar-refractivity contribution in [2.75, 3.05) is 0 Å². The van der Waals surface area contributed by atoms with E-state index in [1.165, 1.54) is 33.3 Å². The first-order valence-corrected chi connectivity index (χ1v) is 6.53. The lowest BCUT2D eigenvalue weighted by Gasteiger charge is -2.09. The number of fused-ring (bicyclic) bond motifs is 1. The number of hydrogen-bond acceptors (Lipinski definition) is 1. The molecule has 0 fully saturated rings. The Bertz CT molecular complexity index is 591. The molecule has 0 aliphatic carbocycles. The average Bonchev–Trinajstić information content (AvgIpc) is 2.63. The molecule has 0 unspecified atom stereocenters. The predicted molar refractivity (Wildman–Crippen MR) is 78.7 cm³/mol. The molecule has 96 valence electrons. The van der Waals surface area contributed by atoms with E-state index in [1.807, 2.05) is 0 Å². The quantitative estimate of drug-likeness (QED) is 0.815. The van der Waals surface area contributed by atoms with Gasteiger partial charge in [0, 0.05) is 29.7 Å². The highest BCUT2D eigenvalue weighted by Crippen LogP contribution is 2.27. The third kappa shape index (κ3) is 2.08. The molecule has 0 aliphatic heterocycles. The zero-order chi connectivity index (χ0) is 13.3. The highest BCUT2D eigenvalue weighted by molar-refractivity contribution is 5.86. The van der Waals surface area contributed by atoms with E-state index in [2.05, 4.69) is 50.1 Å². The van der Waals surface area contributed by atoms with Crippen molar-refractivity contribution in [1.29, 1.82) is 0 Å². The summed E-state index contributed by atoms with van der Waals surface area (Å²) in [5.74, 6) is 0. The fraction of sp³-hybridized carbons (Fsp3) is 0.375. The molecule has 2 rings (SSSR count). The molecule has 2 aromatic rings. The minimum Gasteiger partial charge on any atom is -0.341 e. The van der Waals surface area contributed by atoms with E-state index in [0.717, 1.165) is 13.0 Å². The molecule has 0 saturated carbocycles. The van der Waals surface area contributed by atoms with E-state index in [-0.39, 0.29) is 0 Å². The summed E-state index contributed by atoms with van der Waals surface area (Å²) in [6.45, 7) is 12.1. The molecule has 0 aliphatic rings. The van der Waals surface area contributed by atoms with E-state index < -0.39 is 0 Å². The lowest BCUT2D eigenvalue weighted by Crippen LogP contribution is -2.02. The van der Waals surface area contributed by atoms with Gasteiger partial charge in [-0.3, -0.25) is 0 Å². The van der Waals surface area contributed by atoms with Gasteiger partial charge in [0.25, 0.3) is 0 Å². The van der Waals surface area contributed by atoms with Crippen molar-refractivity contribution in [1.82, 2.24) is 4.57 Å². The summed E-state index contributed by atoms with van der Waals surface area (Å²) in [5.41, 5.74) is 12.1. The summed E-state index contributed by atoms with van der Waals surface area (Å²) in [5, 5.41) is 1.32. The smallest absolute Gasteiger partial charge is 0.0488 e. The second kappa shape index (κ2) is 4.99. The average molecular weight is 242 g/mol. The molecule has 2 N–H and O–H groups in total. The van der Waals surface area contributed by atoms with Gasteiger partial charge in [-0.2, -0.15) is 0 Å². The van der Waals surface area contributed by atoms with Crippen LogP contribution in [-0.4, -0.2) is 4.57 Å². The van der Waals surface area contributed by atoms with Crippen LogP contribution in [0.25, 0.3) is 10.9 Å². The number of nitrogens with two attached hydrogens (primary N) is 1. The van der Waals surface area contributed by atoms with Gasteiger partial charge in [-0.1, -0.05) is 25.1 Å². The third-order valence-corrected chi connectivity index (χ3v) is 3.82. The highest BCUT2D eigenvalue weighted by Gasteiger charge is 2.11. The first-order chi connectivity index (χ1) is 8.58. The molecule has 0 radical (unpaired) electrons. The van der Waals surface area contributed by atoms with Crippen molar-refractivity contribution < 1.29 is 0 Å². The maximum atomic E-state index is 5.72. The molecule has 0 spiro atoms. The van der Waals surface area contributed by atoms with Crippen LogP contribution >= 0.6 is 0 Å². The summed E-state index contributed by atoms with van der Waals surface area (Å²) in [6, 6.07) is 6.51. The van der Waals surface area contributed by atoms with Crippen LogP contribution < -0.4 is 5.73 Å². The van der Waals surface area contributed by atoms with Crippen molar-refractivity contribution in [3.63, 3.8) is 0 Å². The van der Waals surface area contributed by atoms with Gasteiger partial charge in [-0.25, -0.2) is 0 Å². The number of allylic oxidation sites excluding steroid dienone is 1. The first-order valence-electron chi connectivity index (χ1n) is 6.53. The van der Waals surface area contributed by atoms with E-state index in [9.17, 15) is 0 Å². The van der Waals surface area contributed by atoms with Gasteiger partial charge in [0.2, 0.25) is 0 Å². The number of hydrogen-bond donors (Lipinski definition) is 1. The largest absolute Gasteiger partial charge is 0.341 e. The summed E-state index contributed by atoms with van der Waals surface area (Å²) in [4.78, 5) is 0. The normalized spacial score (nSPS) is 11.1. The predicted octanol–water partition coefficient (Wildman–Crippen LogP) is 3.68. The topological polar surface area (TPSA) is 30.9 Å². The van der Waals surface area contributed by atoms with Crippen LogP contribution in [0.1, 0.15) is 30.2 Å². The van der Waals surface area contributed by atoms with E-state index in [0.29, 0.717) is 6.54 Å². The molecular weight excluding hydrogens is 220 g/mol. The summed E-state index contributed by atoms with van der Waals surface area (Å²) < 4.78 is 2.36. The van der Waals surface area contributed by atoms with Gasteiger partial charge in [0.1, 0.15) is 0 Å². The second-order valence-corrected chi connectivity index (χ2v) is 4.96. The van der Waals surface area contributed by atoms with Crippen molar-refractivity contribution in [3.8, 4) is 0 Å². The van der Waals surface area contributed by atoms with Crippen LogP contribution in [0.5, 0.6) is 0 Å². The Morgan fingerprint density at radius 2 is 2.06 bits per heavy atom. The van der Waals surface area contributed by atoms with Gasteiger partial charge >= 0.3 is 0 Å².